The van der Waals surface area contributed by atoms with Gasteiger partial charge >= 0.3 is 0 Å². The number of nitrogens with one attached hydrogen (secondary N) is 1. The van der Waals surface area contributed by atoms with Crippen molar-refractivity contribution in [3.8, 4) is 0 Å². The van der Waals surface area contributed by atoms with Gasteiger partial charge in [0, 0.05) is 4.47 Å². The topological polar surface area (TPSA) is 49.3 Å². The van der Waals surface area contributed by atoms with Crippen molar-refractivity contribution < 1.29 is 9.90 Å². The number of benzene rings is 2. The molecule has 1 amide bonds. The number of halogens is 1. The first kappa shape index (κ1) is 14.8. The molecule has 2 N–H and O–H groups in total. The highest BCUT2D eigenvalue weighted by atomic mass is 79.9. The van der Waals surface area contributed by atoms with Crippen molar-refractivity contribution in [2.45, 2.75) is 12.5 Å². The summed E-state index contributed by atoms with van der Waals surface area (Å²) in [6, 6.07) is 16.7. The first-order valence-corrected chi connectivity index (χ1v) is 7.18. The molecule has 0 spiro atoms. The summed E-state index contributed by atoms with van der Waals surface area (Å²) in [5.74, 6) is -0.106. The third kappa shape index (κ3) is 4.18. The van der Waals surface area contributed by atoms with Gasteiger partial charge in [-0.05, 0) is 23.3 Å². The molecule has 104 valence electrons. The number of carbonyl (C=O) groups excluding carboxylic acids is 1. The lowest BCUT2D eigenvalue weighted by molar-refractivity contribution is -0.121. The second-order valence-electron chi connectivity index (χ2n) is 4.52. The molecule has 0 fully saturated rings. The van der Waals surface area contributed by atoms with Gasteiger partial charge in [-0.1, -0.05) is 58.4 Å². The fourth-order valence-corrected chi connectivity index (χ4v) is 2.44. The first-order chi connectivity index (χ1) is 9.69. The average molecular weight is 334 g/mol. The summed E-state index contributed by atoms with van der Waals surface area (Å²) in [6.45, 7) is -0.117. The van der Waals surface area contributed by atoms with Crippen molar-refractivity contribution in [2.24, 2.45) is 0 Å². The van der Waals surface area contributed by atoms with Gasteiger partial charge in [-0.25, -0.2) is 0 Å². The van der Waals surface area contributed by atoms with Crippen molar-refractivity contribution in [3.05, 3.63) is 70.2 Å². The van der Waals surface area contributed by atoms with Crippen LogP contribution < -0.4 is 5.32 Å². The lowest BCUT2D eigenvalue weighted by atomic mass is 10.1. The fraction of sp³-hybridized carbons (Fsp3) is 0.188. The minimum atomic E-state index is -0.365. The lowest BCUT2D eigenvalue weighted by Gasteiger charge is -2.16. The summed E-state index contributed by atoms with van der Waals surface area (Å²) in [5, 5.41) is 12.3. The molecule has 0 radical (unpaired) electrons. The molecule has 0 aliphatic rings. The van der Waals surface area contributed by atoms with Gasteiger partial charge in [0.15, 0.2) is 0 Å². The van der Waals surface area contributed by atoms with Crippen LogP contribution in [-0.2, 0) is 11.2 Å². The highest BCUT2D eigenvalue weighted by Gasteiger charge is 2.13. The molecule has 0 aliphatic carbocycles. The Balaban J connectivity index is 2.00. The summed E-state index contributed by atoms with van der Waals surface area (Å²) in [4.78, 5) is 12.0. The molecule has 2 aromatic rings. The Labute approximate surface area is 126 Å². The fourth-order valence-electron chi connectivity index (χ4n) is 2.00. The van der Waals surface area contributed by atoms with Gasteiger partial charge in [-0.15, -0.1) is 0 Å². The number of rotatable bonds is 5. The normalized spacial score (nSPS) is 11.9. The van der Waals surface area contributed by atoms with Crippen molar-refractivity contribution >= 4 is 21.8 Å². The molecule has 0 saturated carbocycles. The van der Waals surface area contributed by atoms with Gasteiger partial charge in [0.1, 0.15) is 0 Å². The highest BCUT2D eigenvalue weighted by molar-refractivity contribution is 9.10. The van der Waals surface area contributed by atoms with Gasteiger partial charge in [0.05, 0.1) is 19.1 Å². The predicted octanol–water partition coefficient (Wildman–Crippen LogP) is 2.84. The molecule has 2 aromatic carbocycles. The Hall–Kier alpha value is -1.65. The van der Waals surface area contributed by atoms with E-state index in [1.165, 1.54) is 0 Å². The maximum Gasteiger partial charge on any atom is 0.224 e. The average Bonchev–Trinajstić information content (AvgIpc) is 2.45. The summed E-state index contributed by atoms with van der Waals surface area (Å²) >= 11 is 3.38. The van der Waals surface area contributed by atoms with Crippen molar-refractivity contribution in [1.82, 2.24) is 5.32 Å². The quantitative estimate of drug-likeness (QED) is 0.883. The number of amides is 1. The molecule has 0 aromatic heterocycles. The molecule has 20 heavy (non-hydrogen) atoms. The largest absolute Gasteiger partial charge is 0.394 e. The minimum Gasteiger partial charge on any atom is -0.394 e. The van der Waals surface area contributed by atoms with Gasteiger partial charge in [-0.3, -0.25) is 4.79 Å². The second-order valence-corrected chi connectivity index (χ2v) is 5.44. The number of carbonyl (C=O) groups is 1. The lowest BCUT2D eigenvalue weighted by Crippen LogP contribution is -2.31. The minimum absolute atomic E-state index is 0.106. The summed E-state index contributed by atoms with van der Waals surface area (Å²) in [7, 11) is 0. The highest BCUT2D eigenvalue weighted by Crippen LogP contribution is 2.14. The van der Waals surface area contributed by atoms with E-state index in [1.807, 2.05) is 54.6 Å². The number of aliphatic hydroxyl groups excluding tert-OH is 1. The maximum atomic E-state index is 12.0. The van der Waals surface area contributed by atoms with E-state index in [0.717, 1.165) is 15.6 Å². The van der Waals surface area contributed by atoms with E-state index in [-0.39, 0.29) is 18.6 Å². The van der Waals surface area contributed by atoms with Crippen LogP contribution in [0.5, 0.6) is 0 Å². The molecule has 0 bridgehead atoms. The SMILES string of the molecule is O=C(Cc1cccc(Br)c1)NC(CO)c1ccccc1. The molecule has 2 rings (SSSR count). The summed E-state index contributed by atoms with van der Waals surface area (Å²) in [5.41, 5.74) is 1.83. The molecular weight excluding hydrogens is 318 g/mol. The maximum absolute atomic E-state index is 12.0. The van der Waals surface area contributed by atoms with Crippen LogP contribution >= 0.6 is 15.9 Å². The van der Waals surface area contributed by atoms with E-state index in [9.17, 15) is 9.90 Å². The van der Waals surface area contributed by atoms with E-state index in [0.29, 0.717) is 6.42 Å². The Bertz CT molecular complexity index is 572. The second kappa shape index (κ2) is 7.22. The van der Waals surface area contributed by atoms with Crippen molar-refractivity contribution in [2.75, 3.05) is 6.61 Å². The molecule has 4 heteroatoms. The van der Waals surface area contributed by atoms with Crippen LogP contribution in [0.15, 0.2) is 59.1 Å². The van der Waals surface area contributed by atoms with Gasteiger partial charge < -0.3 is 10.4 Å². The van der Waals surface area contributed by atoms with E-state index < -0.39 is 0 Å². The summed E-state index contributed by atoms with van der Waals surface area (Å²) < 4.78 is 0.949. The zero-order valence-corrected chi connectivity index (χ0v) is 12.5. The first-order valence-electron chi connectivity index (χ1n) is 6.38. The van der Waals surface area contributed by atoms with Crippen LogP contribution in [-0.4, -0.2) is 17.6 Å². The Morgan fingerprint density at radius 3 is 2.55 bits per heavy atom. The Morgan fingerprint density at radius 2 is 1.90 bits per heavy atom. The molecule has 1 atom stereocenters. The molecule has 0 aliphatic heterocycles. The third-order valence-electron chi connectivity index (χ3n) is 2.97. The molecule has 0 heterocycles. The molecular formula is C16H16BrNO2. The van der Waals surface area contributed by atoms with E-state index in [1.54, 1.807) is 0 Å². The van der Waals surface area contributed by atoms with Crippen LogP contribution in [0.2, 0.25) is 0 Å². The molecule has 3 nitrogen and oxygen atoms in total. The number of aliphatic hydroxyl groups is 1. The van der Waals surface area contributed by atoms with Crippen LogP contribution in [0, 0.1) is 0 Å². The monoisotopic (exact) mass is 333 g/mol. The standard InChI is InChI=1S/C16H16BrNO2/c17-14-8-4-5-12(9-14)10-16(20)18-15(11-19)13-6-2-1-3-7-13/h1-9,15,19H,10-11H2,(H,18,20). The van der Waals surface area contributed by atoms with Crippen molar-refractivity contribution in [1.29, 1.82) is 0 Å². The molecule has 1 unspecified atom stereocenters. The molecule has 0 saturated heterocycles. The number of hydrogen-bond donors (Lipinski definition) is 2. The zero-order chi connectivity index (χ0) is 14.4. The van der Waals surface area contributed by atoms with Crippen LogP contribution in [0.4, 0.5) is 0 Å². The smallest absolute Gasteiger partial charge is 0.224 e. The van der Waals surface area contributed by atoms with Crippen molar-refractivity contribution in [3.63, 3.8) is 0 Å². The van der Waals surface area contributed by atoms with Crippen LogP contribution in [0.1, 0.15) is 17.2 Å². The van der Waals surface area contributed by atoms with E-state index >= 15 is 0 Å². The predicted molar refractivity (Wildman–Crippen MR) is 82.3 cm³/mol. The van der Waals surface area contributed by atoms with Gasteiger partial charge in [0.25, 0.3) is 0 Å². The van der Waals surface area contributed by atoms with Gasteiger partial charge in [-0.2, -0.15) is 0 Å². The zero-order valence-electron chi connectivity index (χ0n) is 10.9. The Morgan fingerprint density at radius 1 is 1.15 bits per heavy atom. The number of hydrogen-bond acceptors (Lipinski definition) is 2. The van der Waals surface area contributed by atoms with Gasteiger partial charge in [0.2, 0.25) is 5.91 Å². The summed E-state index contributed by atoms with van der Waals surface area (Å²) in [6.07, 6.45) is 0.294. The van der Waals surface area contributed by atoms with E-state index in [2.05, 4.69) is 21.2 Å². The Kier molecular flexibility index (Phi) is 5.32. The third-order valence-corrected chi connectivity index (χ3v) is 3.47. The van der Waals surface area contributed by atoms with Crippen LogP contribution in [0.3, 0.4) is 0 Å². The van der Waals surface area contributed by atoms with Crippen LogP contribution in [0.25, 0.3) is 0 Å². The van der Waals surface area contributed by atoms with E-state index in [4.69, 9.17) is 0 Å².